The van der Waals surface area contributed by atoms with Crippen LogP contribution in [-0.2, 0) is 9.59 Å². The summed E-state index contributed by atoms with van der Waals surface area (Å²) in [6.07, 6.45) is 1.25. The number of hydrogen-bond donors (Lipinski definition) is 2. The summed E-state index contributed by atoms with van der Waals surface area (Å²) in [5.74, 6) is -1.57. The molecular weight excluding hydrogens is 389 g/mol. The highest BCUT2D eigenvalue weighted by atomic mass is 35.5. The highest BCUT2D eigenvalue weighted by molar-refractivity contribution is 6.40. The molecule has 0 heterocycles. The van der Waals surface area contributed by atoms with Gasteiger partial charge in [-0.25, -0.2) is 5.43 Å². The number of methoxy groups -OCH3 is 1. The largest absolute Gasteiger partial charge is 0.495 e. The molecule has 2 aromatic rings. The molecule has 0 aliphatic carbocycles. The van der Waals surface area contributed by atoms with Crippen LogP contribution in [0.2, 0.25) is 15.1 Å². The summed E-state index contributed by atoms with van der Waals surface area (Å²) in [6.45, 7) is 0. The molecule has 0 saturated carbocycles. The van der Waals surface area contributed by atoms with E-state index < -0.39 is 11.8 Å². The summed E-state index contributed by atoms with van der Waals surface area (Å²) in [4.78, 5) is 23.7. The number of nitrogens with zero attached hydrogens (tertiary/aromatic N) is 1. The molecule has 0 radical (unpaired) electrons. The zero-order chi connectivity index (χ0) is 18.4. The van der Waals surface area contributed by atoms with Gasteiger partial charge in [0.2, 0.25) is 0 Å². The van der Waals surface area contributed by atoms with E-state index in [1.807, 2.05) is 0 Å². The molecule has 2 N–H and O–H groups in total. The van der Waals surface area contributed by atoms with E-state index in [4.69, 9.17) is 39.5 Å². The Morgan fingerprint density at radius 1 is 1.08 bits per heavy atom. The van der Waals surface area contributed by atoms with Gasteiger partial charge in [0, 0.05) is 10.6 Å². The minimum absolute atomic E-state index is 0.258. The maximum Gasteiger partial charge on any atom is 0.329 e. The van der Waals surface area contributed by atoms with Crippen molar-refractivity contribution in [2.24, 2.45) is 5.10 Å². The normalized spacial score (nSPS) is 10.6. The van der Waals surface area contributed by atoms with Crippen LogP contribution < -0.4 is 15.5 Å². The standard InChI is InChI=1S/C16H12Cl3N3O3/c1-25-14-6-5-9(17)7-13(14)21-15(23)16(24)22-20-8-10-11(18)3-2-4-12(10)19/h2-8H,1H3,(H,21,23)(H,22,24). The first-order chi connectivity index (χ1) is 11.9. The minimum Gasteiger partial charge on any atom is -0.495 e. The summed E-state index contributed by atoms with van der Waals surface area (Å²) in [6, 6.07) is 9.52. The van der Waals surface area contributed by atoms with E-state index in [9.17, 15) is 9.59 Å². The fourth-order valence-corrected chi connectivity index (χ4v) is 2.46. The van der Waals surface area contributed by atoms with E-state index in [2.05, 4.69) is 15.8 Å². The SMILES string of the molecule is COc1ccc(Cl)cc1NC(=O)C(=O)NN=Cc1c(Cl)cccc1Cl. The lowest BCUT2D eigenvalue weighted by Crippen LogP contribution is -2.32. The molecule has 0 spiro atoms. The average Bonchev–Trinajstić information content (AvgIpc) is 2.57. The first kappa shape index (κ1) is 19.1. The second-order valence-electron chi connectivity index (χ2n) is 4.63. The van der Waals surface area contributed by atoms with E-state index in [1.54, 1.807) is 30.3 Å². The van der Waals surface area contributed by atoms with Crippen molar-refractivity contribution < 1.29 is 14.3 Å². The highest BCUT2D eigenvalue weighted by Gasteiger charge is 2.15. The molecular formula is C16H12Cl3N3O3. The fourth-order valence-electron chi connectivity index (χ4n) is 1.80. The number of rotatable bonds is 4. The molecule has 2 rings (SSSR count). The van der Waals surface area contributed by atoms with Gasteiger partial charge in [-0.05, 0) is 30.3 Å². The van der Waals surface area contributed by atoms with Gasteiger partial charge in [0.05, 0.1) is 29.1 Å². The number of hydrogen-bond acceptors (Lipinski definition) is 4. The lowest BCUT2D eigenvalue weighted by atomic mass is 10.2. The number of ether oxygens (including phenoxy) is 1. The van der Waals surface area contributed by atoms with Gasteiger partial charge < -0.3 is 10.1 Å². The summed E-state index contributed by atoms with van der Waals surface area (Å²) >= 11 is 17.8. The summed E-state index contributed by atoms with van der Waals surface area (Å²) in [5.41, 5.74) is 2.76. The summed E-state index contributed by atoms with van der Waals surface area (Å²) < 4.78 is 5.08. The number of anilines is 1. The highest BCUT2D eigenvalue weighted by Crippen LogP contribution is 2.27. The average molecular weight is 401 g/mol. The van der Waals surface area contributed by atoms with Crippen molar-refractivity contribution in [1.29, 1.82) is 0 Å². The first-order valence-electron chi connectivity index (χ1n) is 6.84. The Bertz CT molecular complexity index is 820. The third-order valence-corrected chi connectivity index (χ3v) is 3.87. The number of amides is 2. The molecule has 0 aromatic heterocycles. The quantitative estimate of drug-likeness (QED) is 0.466. The molecule has 0 aliphatic rings. The number of nitrogens with one attached hydrogen (secondary N) is 2. The zero-order valence-electron chi connectivity index (χ0n) is 12.8. The van der Waals surface area contributed by atoms with Crippen molar-refractivity contribution in [3.63, 3.8) is 0 Å². The van der Waals surface area contributed by atoms with Crippen molar-refractivity contribution >= 4 is 58.5 Å². The van der Waals surface area contributed by atoms with E-state index in [1.165, 1.54) is 19.4 Å². The number of hydrazone groups is 1. The van der Waals surface area contributed by atoms with Gasteiger partial charge in [0.25, 0.3) is 0 Å². The molecule has 0 fully saturated rings. The van der Waals surface area contributed by atoms with Crippen LogP contribution in [0, 0.1) is 0 Å². The number of carbonyl (C=O) groups is 2. The molecule has 0 saturated heterocycles. The van der Waals surface area contributed by atoms with Gasteiger partial charge in [-0.3, -0.25) is 9.59 Å². The van der Waals surface area contributed by atoms with Gasteiger partial charge >= 0.3 is 11.8 Å². The van der Waals surface area contributed by atoms with Gasteiger partial charge in [0.15, 0.2) is 0 Å². The van der Waals surface area contributed by atoms with E-state index in [-0.39, 0.29) is 5.69 Å². The van der Waals surface area contributed by atoms with Crippen molar-refractivity contribution in [1.82, 2.24) is 5.43 Å². The van der Waals surface area contributed by atoms with Crippen molar-refractivity contribution in [2.45, 2.75) is 0 Å². The minimum atomic E-state index is -0.985. The zero-order valence-corrected chi connectivity index (χ0v) is 15.1. The lowest BCUT2D eigenvalue weighted by molar-refractivity contribution is -0.136. The molecule has 2 aromatic carbocycles. The number of carbonyl (C=O) groups excluding carboxylic acids is 2. The Morgan fingerprint density at radius 2 is 1.76 bits per heavy atom. The third kappa shape index (κ3) is 5.09. The molecule has 0 unspecified atom stereocenters. The van der Waals surface area contributed by atoms with Crippen LogP contribution in [0.4, 0.5) is 5.69 Å². The van der Waals surface area contributed by atoms with Gasteiger partial charge in [-0.15, -0.1) is 0 Å². The van der Waals surface area contributed by atoms with Crippen LogP contribution in [0.15, 0.2) is 41.5 Å². The second-order valence-corrected chi connectivity index (χ2v) is 5.88. The molecule has 9 heteroatoms. The third-order valence-electron chi connectivity index (χ3n) is 2.98. The molecule has 2 amide bonds. The van der Waals surface area contributed by atoms with Crippen LogP contribution >= 0.6 is 34.8 Å². The monoisotopic (exact) mass is 399 g/mol. The van der Waals surface area contributed by atoms with Crippen molar-refractivity contribution in [3.05, 3.63) is 57.0 Å². The van der Waals surface area contributed by atoms with Crippen LogP contribution in [0.5, 0.6) is 5.75 Å². The molecule has 25 heavy (non-hydrogen) atoms. The molecule has 0 aliphatic heterocycles. The predicted molar refractivity (Wildman–Crippen MR) is 98.8 cm³/mol. The lowest BCUT2D eigenvalue weighted by Gasteiger charge is -2.09. The second kappa shape index (κ2) is 8.71. The molecule has 130 valence electrons. The Hall–Kier alpha value is -2.28. The van der Waals surface area contributed by atoms with Crippen molar-refractivity contribution in [2.75, 3.05) is 12.4 Å². The Balaban J connectivity index is 2.03. The maximum absolute atomic E-state index is 11.9. The van der Waals surface area contributed by atoms with E-state index >= 15 is 0 Å². The Kier molecular flexibility index (Phi) is 6.64. The van der Waals surface area contributed by atoms with Crippen LogP contribution in [0.3, 0.4) is 0 Å². The summed E-state index contributed by atoms with van der Waals surface area (Å²) in [7, 11) is 1.43. The van der Waals surface area contributed by atoms with Crippen molar-refractivity contribution in [3.8, 4) is 5.75 Å². The van der Waals surface area contributed by atoms with Crippen LogP contribution in [0.1, 0.15) is 5.56 Å². The topological polar surface area (TPSA) is 79.8 Å². The van der Waals surface area contributed by atoms with E-state index in [0.717, 1.165) is 0 Å². The Morgan fingerprint density at radius 3 is 2.40 bits per heavy atom. The van der Waals surface area contributed by atoms with Gasteiger partial charge in [-0.1, -0.05) is 40.9 Å². The van der Waals surface area contributed by atoms with Gasteiger partial charge in [0.1, 0.15) is 5.75 Å². The fraction of sp³-hybridized carbons (Fsp3) is 0.0625. The summed E-state index contributed by atoms with van der Waals surface area (Å²) in [5, 5.41) is 7.16. The molecule has 0 atom stereocenters. The Labute approximate surface area is 158 Å². The number of halogens is 3. The maximum atomic E-state index is 11.9. The molecule has 0 bridgehead atoms. The smallest absolute Gasteiger partial charge is 0.329 e. The molecule has 6 nitrogen and oxygen atoms in total. The first-order valence-corrected chi connectivity index (χ1v) is 7.97. The van der Waals surface area contributed by atoms with Crippen LogP contribution in [0.25, 0.3) is 0 Å². The van der Waals surface area contributed by atoms with Gasteiger partial charge in [-0.2, -0.15) is 5.10 Å². The predicted octanol–water partition coefficient (Wildman–Crippen LogP) is 3.74. The van der Waals surface area contributed by atoms with E-state index in [0.29, 0.717) is 26.4 Å². The number of benzene rings is 2. The van der Waals surface area contributed by atoms with Crippen LogP contribution in [-0.4, -0.2) is 25.1 Å².